The zero-order valence-electron chi connectivity index (χ0n) is 10.1. The fourth-order valence-electron chi connectivity index (χ4n) is 1.20. The predicted octanol–water partition coefficient (Wildman–Crippen LogP) is 2.76. The number of methoxy groups -OCH3 is 1. The Bertz CT molecular complexity index is 387. The zero-order chi connectivity index (χ0) is 13.3. The summed E-state index contributed by atoms with van der Waals surface area (Å²) in [5.74, 6) is 0. The minimum Gasteiger partial charge on any atom is -0.372 e. The molecule has 0 unspecified atom stereocenters. The molecular formula is C10H15F3N2OS. The first kappa shape index (κ1) is 14.4. The van der Waals surface area contributed by atoms with Crippen molar-refractivity contribution in [2.75, 3.05) is 14.2 Å². The molecule has 0 aliphatic heterocycles. The highest BCUT2D eigenvalue weighted by Crippen LogP contribution is 2.38. The number of nitrogens with one attached hydrogen (secondary N) is 1. The van der Waals surface area contributed by atoms with Crippen molar-refractivity contribution in [2.45, 2.75) is 32.2 Å². The summed E-state index contributed by atoms with van der Waals surface area (Å²) in [6.07, 6.45) is -4.43. The minimum absolute atomic E-state index is 0.145. The van der Waals surface area contributed by atoms with Gasteiger partial charge in [0, 0.05) is 13.7 Å². The SMILES string of the molecule is CNCc1sc(C(C)(C)OC)nc1C(F)(F)F. The van der Waals surface area contributed by atoms with Gasteiger partial charge in [-0.3, -0.25) is 0 Å². The van der Waals surface area contributed by atoms with Crippen molar-refractivity contribution < 1.29 is 17.9 Å². The van der Waals surface area contributed by atoms with Crippen LogP contribution in [-0.4, -0.2) is 19.1 Å². The standard InChI is InChI=1S/C10H15F3N2OS/c1-9(2,16-4)8-15-7(10(11,12)13)6(17-8)5-14-3/h14H,5H2,1-4H3. The van der Waals surface area contributed by atoms with Crippen LogP contribution in [0.3, 0.4) is 0 Å². The summed E-state index contributed by atoms with van der Waals surface area (Å²) in [5, 5.41) is 3.04. The number of alkyl halides is 3. The summed E-state index contributed by atoms with van der Waals surface area (Å²) in [7, 11) is 3.05. The number of halogens is 3. The van der Waals surface area contributed by atoms with Gasteiger partial charge in [-0.2, -0.15) is 13.2 Å². The first-order valence-electron chi connectivity index (χ1n) is 4.99. The van der Waals surface area contributed by atoms with Crippen LogP contribution in [0.1, 0.15) is 29.4 Å². The second-order valence-corrected chi connectivity index (χ2v) is 5.12. The normalized spacial score (nSPS) is 13.1. The van der Waals surface area contributed by atoms with Gasteiger partial charge >= 0.3 is 6.18 Å². The van der Waals surface area contributed by atoms with E-state index in [2.05, 4.69) is 10.3 Å². The minimum atomic E-state index is -4.43. The Hall–Kier alpha value is -0.660. The van der Waals surface area contributed by atoms with Gasteiger partial charge in [-0.1, -0.05) is 0 Å². The second kappa shape index (κ2) is 4.91. The maximum Gasteiger partial charge on any atom is 0.434 e. The lowest BCUT2D eigenvalue weighted by Crippen LogP contribution is -2.19. The summed E-state index contributed by atoms with van der Waals surface area (Å²) >= 11 is 1.02. The molecule has 98 valence electrons. The van der Waals surface area contributed by atoms with Crippen LogP contribution in [0.2, 0.25) is 0 Å². The molecule has 0 saturated carbocycles. The predicted molar refractivity (Wildman–Crippen MR) is 59.9 cm³/mol. The molecule has 0 spiro atoms. The van der Waals surface area contributed by atoms with E-state index >= 15 is 0 Å². The van der Waals surface area contributed by atoms with E-state index in [1.807, 2.05) is 0 Å². The molecule has 0 bridgehead atoms. The molecule has 1 heterocycles. The molecule has 0 radical (unpaired) electrons. The third kappa shape index (κ3) is 3.17. The lowest BCUT2D eigenvalue weighted by Gasteiger charge is -2.19. The van der Waals surface area contributed by atoms with Gasteiger partial charge in [-0.05, 0) is 20.9 Å². The maximum atomic E-state index is 12.8. The molecular weight excluding hydrogens is 253 g/mol. The third-order valence-electron chi connectivity index (χ3n) is 2.33. The fraction of sp³-hybridized carbons (Fsp3) is 0.700. The van der Waals surface area contributed by atoms with E-state index in [0.717, 1.165) is 11.3 Å². The van der Waals surface area contributed by atoms with Crippen LogP contribution in [0.15, 0.2) is 0 Å². The number of rotatable bonds is 4. The van der Waals surface area contributed by atoms with Crippen molar-refractivity contribution in [3.05, 3.63) is 15.6 Å². The molecule has 0 fully saturated rings. The summed E-state index contributed by atoms with van der Waals surface area (Å²) in [6.45, 7) is 3.52. The second-order valence-electron chi connectivity index (χ2n) is 4.03. The van der Waals surface area contributed by atoms with Crippen LogP contribution in [-0.2, 0) is 23.1 Å². The fourth-order valence-corrected chi connectivity index (χ4v) is 2.37. The molecule has 0 saturated heterocycles. The van der Waals surface area contributed by atoms with Crippen molar-refractivity contribution in [3.63, 3.8) is 0 Å². The van der Waals surface area contributed by atoms with Crippen molar-refractivity contribution >= 4 is 11.3 Å². The van der Waals surface area contributed by atoms with Gasteiger partial charge in [0.15, 0.2) is 5.69 Å². The molecule has 0 aliphatic carbocycles. The highest BCUT2D eigenvalue weighted by Gasteiger charge is 2.39. The summed E-state index contributed by atoms with van der Waals surface area (Å²) in [6, 6.07) is 0. The Labute approximate surface area is 102 Å². The first-order chi connectivity index (χ1) is 7.72. The lowest BCUT2D eigenvalue weighted by atomic mass is 10.1. The van der Waals surface area contributed by atoms with Gasteiger partial charge in [0.1, 0.15) is 10.6 Å². The Balaban J connectivity index is 3.22. The molecule has 0 aliphatic rings. The van der Waals surface area contributed by atoms with E-state index in [0.29, 0.717) is 5.01 Å². The highest BCUT2D eigenvalue weighted by molar-refractivity contribution is 7.11. The number of ether oxygens (including phenoxy) is 1. The van der Waals surface area contributed by atoms with Crippen LogP contribution < -0.4 is 5.32 Å². The molecule has 1 aromatic rings. The lowest BCUT2D eigenvalue weighted by molar-refractivity contribution is -0.141. The zero-order valence-corrected chi connectivity index (χ0v) is 10.9. The Morgan fingerprint density at radius 3 is 2.35 bits per heavy atom. The number of hydrogen-bond acceptors (Lipinski definition) is 4. The van der Waals surface area contributed by atoms with Crippen LogP contribution in [0.25, 0.3) is 0 Å². The summed E-state index contributed by atoms with van der Waals surface area (Å²) < 4.78 is 43.4. The highest BCUT2D eigenvalue weighted by atomic mass is 32.1. The van der Waals surface area contributed by atoms with Crippen molar-refractivity contribution in [3.8, 4) is 0 Å². The van der Waals surface area contributed by atoms with Crippen molar-refractivity contribution in [1.29, 1.82) is 0 Å². The Morgan fingerprint density at radius 2 is 1.94 bits per heavy atom. The van der Waals surface area contributed by atoms with Gasteiger partial charge in [-0.25, -0.2) is 4.98 Å². The molecule has 0 atom stereocenters. The van der Waals surface area contributed by atoms with Gasteiger partial charge in [0.2, 0.25) is 0 Å². The Morgan fingerprint density at radius 1 is 1.35 bits per heavy atom. The maximum absolute atomic E-state index is 12.8. The topological polar surface area (TPSA) is 34.1 Å². The van der Waals surface area contributed by atoms with Gasteiger partial charge < -0.3 is 10.1 Å². The van der Waals surface area contributed by atoms with Crippen LogP contribution >= 0.6 is 11.3 Å². The van der Waals surface area contributed by atoms with E-state index < -0.39 is 17.5 Å². The molecule has 7 heteroatoms. The average molecular weight is 268 g/mol. The van der Waals surface area contributed by atoms with Gasteiger partial charge in [0.25, 0.3) is 0 Å². The smallest absolute Gasteiger partial charge is 0.372 e. The molecule has 3 nitrogen and oxygen atoms in total. The quantitative estimate of drug-likeness (QED) is 0.911. The monoisotopic (exact) mass is 268 g/mol. The van der Waals surface area contributed by atoms with E-state index in [9.17, 15) is 13.2 Å². The van der Waals surface area contributed by atoms with Gasteiger partial charge in [0.05, 0.1) is 4.88 Å². The third-order valence-corrected chi connectivity index (χ3v) is 3.69. The number of thiazole rings is 1. The number of hydrogen-bond donors (Lipinski definition) is 1. The summed E-state index contributed by atoms with van der Waals surface area (Å²) in [5.41, 5.74) is -1.63. The number of nitrogens with zero attached hydrogens (tertiary/aromatic N) is 1. The van der Waals surface area contributed by atoms with E-state index in [1.165, 1.54) is 7.11 Å². The van der Waals surface area contributed by atoms with Crippen LogP contribution in [0.4, 0.5) is 13.2 Å². The first-order valence-corrected chi connectivity index (χ1v) is 5.81. The molecule has 0 aromatic carbocycles. The molecule has 1 rings (SSSR count). The average Bonchev–Trinajstić information content (AvgIpc) is 2.62. The summed E-state index contributed by atoms with van der Waals surface area (Å²) in [4.78, 5) is 3.85. The number of aromatic nitrogens is 1. The Kier molecular flexibility index (Phi) is 4.16. The van der Waals surface area contributed by atoms with E-state index in [4.69, 9.17) is 4.74 Å². The van der Waals surface area contributed by atoms with Crippen molar-refractivity contribution in [1.82, 2.24) is 10.3 Å². The van der Waals surface area contributed by atoms with Gasteiger partial charge in [-0.15, -0.1) is 11.3 Å². The molecule has 17 heavy (non-hydrogen) atoms. The molecule has 0 amide bonds. The van der Waals surface area contributed by atoms with E-state index in [-0.39, 0.29) is 11.4 Å². The molecule has 1 aromatic heterocycles. The van der Waals surface area contributed by atoms with E-state index in [1.54, 1.807) is 20.9 Å². The molecule has 1 N–H and O–H groups in total. The van der Waals surface area contributed by atoms with Crippen LogP contribution in [0.5, 0.6) is 0 Å². The van der Waals surface area contributed by atoms with Crippen LogP contribution in [0, 0.1) is 0 Å². The van der Waals surface area contributed by atoms with Crippen molar-refractivity contribution in [2.24, 2.45) is 0 Å². The largest absolute Gasteiger partial charge is 0.434 e.